The molecular weight excluding hydrogens is 513 g/mol. The number of alkyl halides is 1. The standard InChI is InChI=1S/C32H42FNO6/c1-19-15-24-23-10-9-21-17-22(35)12-13-29(21,2)31(23,33)27(36)18-30(24,3)32(19,38)28(37)34-14-6-7-20-8-11-25(39-4)26(16-20)40-5/h8,11-13,16-17,19,23-24,27,36,38H,6-7,9-10,14-15,18H2,1-5H3,(H,34,37). The molecule has 8 heteroatoms. The molecule has 3 N–H and O–H groups in total. The summed E-state index contributed by atoms with van der Waals surface area (Å²) in [6.07, 6.45) is 5.98. The Hall–Kier alpha value is -2.71. The Morgan fingerprint density at radius 2 is 1.90 bits per heavy atom. The van der Waals surface area contributed by atoms with Crippen LogP contribution in [-0.2, 0) is 16.0 Å². The molecule has 4 aliphatic carbocycles. The fourth-order valence-electron chi connectivity index (χ4n) is 8.70. The van der Waals surface area contributed by atoms with E-state index in [0.717, 1.165) is 11.1 Å². The Bertz CT molecular complexity index is 1260. The Morgan fingerprint density at radius 3 is 2.60 bits per heavy atom. The van der Waals surface area contributed by atoms with Crippen LogP contribution < -0.4 is 14.8 Å². The Kier molecular flexibility index (Phi) is 7.19. The third kappa shape index (κ3) is 3.89. The maximum atomic E-state index is 17.3. The average molecular weight is 556 g/mol. The lowest BCUT2D eigenvalue weighted by Crippen LogP contribution is -2.70. The molecule has 0 radical (unpaired) electrons. The zero-order valence-electron chi connectivity index (χ0n) is 24.1. The van der Waals surface area contributed by atoms with Crippen LogP contribution in [-0.4, -0.2) is 60.0 Å². The second-order valence-electron chi connectivity index (χ2n) is 12.7. The normalized spacial score (nSPS) is 40.0. The molecule has 8 atom stereocenters. The van der Waals surface area contributed by atoms with Crippen molar-refractivity contribution >= 4 is 11.7 Å². The van der Waals surface area contributed by atoms with E-state index in [9.17, 15) is 19.8 Å². The summed E-state index contributed by atoms with van der Waals surface area (Å²) in [6.45, 7) is 5.85. The van der Waals surface area contributed by atoms with Gasteiger partial charge in [0.2, 0.25) is 0 Å². The van der Waals surface area contributed by atoms with Crippen LogP contribution in [0.5, 0.6) is 11.5 Å². The minimum atomic E-state index is -1.99. The molecular formula is C32H42FNO6. The van der Waals surface area contributed by atoms with Crippen LogP contribution in [0.2, 0.25) is 0 Å². The zero-order chi connectivity index (χ0) is 29.1. The van der Waals surface area contributed by atoms with E-state index in [0.29, 0.717) is 50.1 Å². The summed E-state index contributed by atoms with van der Waals surface area (Å²) in [5.41, 5.74) is -4.06. The molecule has 8 unspecified atom stereocenters. The lowest BCUT2D eigenvalue weighted by atomic mass is 9.44. The molecule has 5 rings (SSSR count). The van der Waals surface area contributed by atoms with Crippen molar-refractivity contribution in [2.24, 2.45) is 28.6 Å². The molecule has 0 saturated heterocycles. The number of aliphatic hydroxyl groups excluding tert-OH is 1. The van der Waals surface area contributed by atoms with Gasteiger partial charge in [0.25, 0.3) is 5.91 Å². The van der Waals surface area contributed by atoms with Crippen LogP contribution in [0.4, 0.5) is 4.39 Å². The fraction of sp³-hybridized carbons (Fsp3) is 0.625. The summed E-state index contributed by atoms with van der Waals surface area (Å²) in [7, 11) is 3.17. The summed E-state index contributed by atoms with van der Waals surface area (Å²) in [4.78, 5) is 25.7. The minimum absolute atomic E-state index is 0.0325. The van der Waals surface area contributed by atoms with Crippen molar-refractivity contribution in [1.29, 1.82) is 0 Å². The quantitative estimate of drug-likeness (QED) is 0.438. The van der Waals surface area contributed by atoms with Crippen LogP contribution in [0, 0.1) is 28.6 Å². The average Bonchev–Trinajstić information content (AvgIpc) is 3.13. The zero-order valence-corrected chi connectivity index (χ0v) is 24.1. The van der Waals surface area contributed by atoms with E-state index < -0.39 is 45.9 Å². The molecule has 40 heavy (non-hydrogen) atoms. The first-order chi connectivity index (χ1) is 18.9. The topological polar surface area (TPSA) is 105 Å². The number of allylic oxidation sites excluding steroid dienone is 4. The number of benzene rings is 1. The smallest absolute Gasteiger partial charge is 0.252 e. The van der Waals surface area contributed by atoms with E-state index in [1.165, 1.54) is 12.2 Å². The molecule has 0 bridgehead atoms. The highest BCUT2D eigenvalue weighted by atomic mass is 19.1. The summed E-state index contributed by atoms with van der Waals surface area (Å²) in [5.74, 6) is -0.558. The van der Waals surface area contributed by atoms with Crippen LogP contribution in [0.25, 0.3) is 0 Å². The van der Waals surface area contributed by atoms with E-state index in [1.54, 1.807) is 27.2 Å². The van der Waals surface area contributed by atoms with Gasteiger partial charge in [0.1, 0.15) is 0 Å². The van der Waals surface area contributed by atoms with Crippen LogP contribution >= 0.6 is 0 Å². The number of amides is 1. The number of methoxy groups -OCH3 is 2. The Labute approximate surface area is 235 Å². The van der Waals surface area contributed by atoms with E-state index >= 15 is 4.39 Å². The molecule has 1 amide bonds. The molecule has 0 aliphatic heterocycles. The van der Waals surface area contributed by atoms with Gasteiger partial charge in [-0.05, 0) is 87.1 Å². The van der Waals surface area contributed by atoms with Crippen molar-refractivity contribution in [3.63, 3.8) is 0 Å². The number of fused-ring (bicyclic) bond motifs is 5. The predicted molar refractivity (Wildman–Crippen MR) is 149 cm³/mol. The van der Waals surface area contributed by atoms with E-state index in [4.69, 9.17) is 9.47 Å². The number of aliphatic hydroxyl groups is 2. The van der Waals surface area contributed by atoms with Crippen molar-refractivity contribution < 1.29 is 33.7 Å². The number of nitrogens with one attached hydrogen (secondary N) is 1. The third-order valence-corrected chi connectivity index (χ3v) is 10.9. The number of rotatable bonds is 7. The third-order valence-electron chi connectivity index (χ3n) is 10.9. The highest BCUT2D eigenvalue weighted by Crippen LogP contribution is 2.70. The van der Waals surface area contributed by atoms with Gasteiger partial charge in [-0.2, -0.15) is 0 Å². The Morgan fingerprint density at radius 1 is 1.18 bits per heavy atom. The van der Waals surface area contributed by atoms with Gasteiger partial charge < -0.3 is 25.0 Å². The molecule has 218 valence electrons. The van der Waals surface area contributed by atoms with Gasteiger partial charge in [-0.15, -0.1) is 0 Å². The summed E-state index contributed by atoms with van der Waals surface area (Å²) in [5, 5.41) is 26.5. The number of ketones is 1. The van der Waals surface area contributed by atoms with Gasteiger partial charge in [-0.3, -0.25) is 9.59 Å². The first-order valence-corrected chi connectivity index (χ1v) is 14.4. The van der Waals surface area contributed by atoms with Gasteiger partial charge in [0.15, 0.2) is 28.6 Å². The number of aryl methyl sites for hydroxylation is 1. The maximum Gasteiger partial charge on any atom is 0.252 e. The van der Waals surface area contributed by atoms with Gasteiger partial charge in [0.05, 0.1) is 20.3 Å². The van der Waals surface area contributed by atoms with E-state index in [2.05, 4.69) is 5.32 Å². The van der Waals surface area contributed by atoms with Crippen molar-refractivity contribution in [2.45, 2.75) is 76.7 Å². The molecule has 0 aromatic heterocycles. The number of carbonyl (C=O) groups is 2. The summed E-state index contributed by atoms with van der Waals surface area (Å²) < 4.78 is 28.0. The van der Waals surface area contributed by atoms with Crippen molar-refractivity contribution in [3.05, 3.63) is 47.6 Å². The first-order valence-electron chi connectivity index (χ1n) is 14.4. The highest BCUT2D eigenvalue weighted by Gasteiger charge is 2.75. The van der Waals surface area contributed by atoms with Crippen LogP contribution in [0.3, 0.4) is 0 Å². The largest absolute Gasteiger partial charge is 0.493 e. The number of carbonyl (C=O) groups excluding carboxylic acids is 2. The minimum Gasteiger partial charge on any atom is -0.493 e. The monoisotopic (exact) mass is 555 g/mol. The van der Waals surface area contributed by atoms with Crippen molar-refractivity contribution in [1.82, 2.24) is 5.32 Å². The number of hydrogen-bond donors (Lipinski definition) is 3. The van der Waals surface area contributed by atoms with Gasteiger partial charge in [-0.25, -0.2) is 4.39 Å². The highest BCUT2D eigenvalue weighted by molar-refractivity contribution is 6.01. The fourth-order valence-corrected chi connectivity index (χ4v) is 8.70. The number of halogens is 1. The lowest BCUT2D eigenvalue weighted by molar-refractivity contribution is -0.219. The second-order valence-corrected chi connectivity index (χ2v) is 12.7. The Balaban J connectivity index is 1.32. The maximum absolute atomic E-state index is 17.3. The van der Waals surface area contributed by atoms with Crippen molar-refractivity contribution in [3.8, 4) is 11.5 Å². The van der Waals surface area contributed by atoms with Gasteiger partial charge >= 0.3 is 0 Å². The van der Waals surface area contributed by atoms with E-state index in [-0.39, 0.29) is 18.1 Å². The summed E-state index contributed by atoms with van der Waals surface area (Å²) in [6, 6.07) is 5.71. The molecule has 1 aromatic rings. The molecule has 1 aromatic carbocycles. The molecule has 0 heterocycles. The van der Waals surface area contributed by atoms with Gasteiger partial charge in [-0.1, -0.05) is 31.6 Å². The second kappa shape index (κ2) is 9.98. The number of hydrogen-bond acceptors (Lipinski definition) is 6. The molecule has 3 fully saturated rings. The first kappa shape index (κ1) is 28.8. The molecule has 0 spiro atoms. The summed E-state index contributed by atoms with van der Waals surface area (Å²) >= 11 is 0. The van der Waals surface area contributed by atoms with E-state index in [1.807, 2.05) is 32.0 Å². The molecule has 3 saturated carbocycles. The van der Waals surface area contributed by atoms with Crippen molar-refractivity contribution in [2.75, 3.05) is 20.8 Å². The molecule has 7 nitrogen and oxygen atoms in total. The van der Waals surface area contributed by atoms with Crippen LogP contribution in [0.15, 0.2) is 42.0 Å². The van der Waals surface area contributed by atoms with Gasteiger partial charge in [0, 0.05) is 23.3 Å². The SMILES string of the molecule is COc1ccc(CCCNC(=O)C2(O)C(C)CC3C4CCC5=CC(=O)C=CC5(C)C4(F)C(O)CC32C)cc1OC. The number of ether oxygens (including phenoxy) is 2. The van der Waals surface area contributed by atoms with Crippen LogP contribution in [0.1, 0.15) is 58.4 Å². The molecule has 4 aliphatic rings. The predicted octanol–water partition coefficient (Wildman–Crippen LogP) is 4.10. The lowest BCUT2D eigenvalue weighted by Gasteiger charge is -2.62.